The van der Waals surface area contributed by atoms with E-state index in [9.17, 15) is 9.90 Å². The van der Waals surface area contributed by atoms with Crippen molar-refractivity contribution in [1.29, 1.82) is 0 Å². The Morgan fingerprint density at radius 2 is 1.94 bits per heavy atom. The molecule has 0 radical (unpaired) electrons. The summed E-state index contributed by atoms with van der Waals surface area (Å²) in [6.45, 7) is 3.59. The smallest absolute Gasteiger partial charge is 0.335 e. The van der Waals surface area contributed by atoms with Gasteiger partial charge in [0, 0.05) is 5.70 Å². The Kier molecular flexibility index (Phi) is 2.95. The second-order valence-corrected chi connectivity index (χ2v) is 4.00. The average molecular weight is 230 g/mol. The van der Waals surface area contributed by atoms with Gasteiger partial charge in [0.2, 0.25) is 0 Å². The first-order valence-corrected chi connectivity index (χ1v) is 5.40. The van der Waals surface area contributed by atoms with Crippen LogP contribution in [0.5, 0.6) is 0 Å². The Hall–Kier alpha value is -2.10. The van der Waals surface area contributed by atoms with E-state index in [0.29, 0.717) is 11.3 Å². The number of amidine groups is 1. The van der Waals surface area contributed by atoms with E-state index in [1.807, 2.05) is 37.3 Å². The highest BCUT2D eigenvalue weighted by Crippen LogP contribution is 2.30. The SMILES string of the molecule is CC1=NC(c2ccccc2)C(C(=O)O)=C(C)N1. The highest BCUT2D eigenvalue weighted by atomic mass is 16.4. The third-order valence-electron chi connectivity index (χ3n) is 2.71. The molecule has 88 valence electrons. The van der Waals surface area contributed by atoms with Crippen LogP contribution in [0, 0.1) is 0 Å². The van der Waals surface area contributed by atoms with Crippen molar-refractivity contribution in [2.24, 2.45) is 4.99 Å². The molecule has 1 aromatic carbocycles. The van der Waals surface area contributed by atoms with Crippen LogP contribution in [0.25, 0.3) is 0 Å². The number of carboxylic acids is 1. The number of aliphatic imine (C=N–C) groups is 1. The van der Waals surface area contributed by atoms with Crippen molar-refractivity contribution >= 4 is 11.8 Å². The van der Waals surface area contributed by atoms with E-state index in [0.717, 1.165) is 11.4 Å². The summed E-state index contributed by atoms with van der Waals surface area (Å²) >= 11 is 0. The Bertz CT molecular complexity index is 503. The molecule has 0 fully saturated rings. The minimum absolute atomic E-state index is 0.307. The monoisotopic (exact) mass is 230 g/mol. The average Bonchev–Trinajstić information content (AvgIpc) is 2.28. The zero-order valence-electron chi connectivity index (χ0n) is 9.77. The molecule has 0 saturated heterocycles. The van der Waals surface area contributed by atoms with Crippen molar-refractivity contribution in [3.8, 4) is 0 Å². The van der Waals surface area contributed by atoms with Crippen molar-refractivity contribution < 1.29 is 9.90 Å². The molecule has 4 heteroatoms. The third-order valence-corrected chi connectivity index (χ3v) is 2.71. The maximum Gasteiger partial charge on any atom is 0.335 e. The number of benzene rings is 1. The molecule has 4 nitrogen and oxygen atoms in total. The van der Waals surface area contributed by atoms with Crippen LogP contribution >= 0.6 is 0 Å². The van der Waals surface area contributed by atoms with Crippen LogP contribution in [-0.2, 0) is 4.79 Å². The third kappa shape index (κ3) is 2.20. The van der Waals surface area contributed by atoms with Crippen LogP contribution in [0.15, 0.2) is 46.6 Å². The predicted octanol–water partition coefficient (Wildman–Crippen LogP) is 2.11. The number of rotatable bonds is 2. The number of hydrogen-bond donors (Lipinski definition) is 2. The summed E-state index contributed by atoms with van der Waals surface area (Å²) in [4.78, 5) is 15.7. The quantitative estimate of drug-likeness (QED) is 0.818. The van der Waals surface area contributed by atoms with Gasteiger partial charge < -0.3 is 10.4 Å². The molecule has 0 bridgehead atoms. The normalized spacial score (nSPS) is 19.6. The molecule has 0 aliphatic carbocycles. The molecule has 2 N–H and O–H groups in total. The second-order valence-electron chi connectivity index (χ2n) is 4.00. The van der Waals surface area contributed by atoms with Gasteiger partial charge in [0.1, 0.15) is 6.04 Å². The van der Waals surface area contributed by atoms with Crippen LogP contribution in [0.2, 0.25) is 0 Å². The van der Waals surface area contributed by atoms with Gasteiger partial charge in [-0.15, -0.1) is 0 Å². The lowest BCUT2D eigenvalue weighted by molar-refractivity contribution is -0.133. The summed E-state index contributed by atoms with van der Waals surface area (Å²) in [7, 11) is 0. The van der Waals surface area contributed by atoms with Gasteiger partial charge >= 0.3 is 5.97 Å². The number of aliphatic carboxylic acids is 1. The van der Waals surface area contributed by atoms with Crippen LogP contribution in [0.4, 0.5) is 0 Å². The van der Waals surface area contributed by atoms with Gasteiger partial charge in [-0.2, -0.15) is 0 Å². The van der Waals surface area contributed by atoms with Gasteiger partial charge in [-0.25, -0.2) is 4.79 Å². The summed E-state index contributed by atoms with van der Waals surface area (Å²) in [5, 5.41) is 12.2. The molecule has 1 atom stereocenters. The number of hydrogen-bond acceptors (Lipinski definition) is 3. The maximum atomic E-state index is 11.3. The first-order valence-electron chi connectivity index (χ1n) is 5.40. The lowest BCUT2D eigenvalue weighted by Crippen LogP contribution is -2.29. The molecule has 1 aliphatic rings. The molecule has 0 saturated carbocycles. The Morgan fingerprint density at radius 1 is 1.29 bits per heavy atom. The molecule has 1 aliphatic heterocycles. The van der Waals surface area contributed by atoms with Crippen molar-refractivity contribution in [3.05, 3.63) is 47.2 Å². The zero-order chi connectivity index (χ0) is 12.4. The topological polar surface area (TPSA) is 61.7 Å². The van der Waals surface area contributed by atoms with Crippen LogP contribution < -0.4 is 5.32 Å². The molecule has 2 rings (SSSR count). The number of carboxylic acid groups (broad SMARTS) is 1. The summed E-state index contributed by atoms with van der Waals surface area (Å²) in [5.41, 5.74) is 1.85. The van der Waals surface area contributed by atoms with Crippen LogP contribution in [0.1, 0.15) is 25.5 Å². The Labute approximate surface area is 99.7 Å². The highest BCUT2D eigenvalue weighted by Gasteiger charge is 2.27. The minimum atomic E-state index is -0.930. The Morgan fingerprint density at radius 3 is 2.53 bits per heavy atom. The summed E-state index contributed by atoms with van der Waals surface area (Å²) in [6, 6.07) is 9.04. The van der Waals surface area contributed by atoms with E-state index in [2.05, 4.69) is 10.3 Å². The minimum Gasteiger partial charge on any atom is -0.478 e. The van der Waals surface area contributed by atoms with Crippen LogP contribution in [0.3, 0.4) is 0 Å². The first-order chi connectivity index (χ1) is 8.09. The first kappa shape index (κ1) is 11.4. The van der Waals surface area contributed by atoms with E-state index >= 15 is 0 Å². The fourth-order valence-corrected chi connectivity index (χ4v) is 1.99. The predicted molar refractivity (Wildman–Crippen MR) is 65.8 cm³/mol. The van der Waals surface area contributed by atoms with Gasteiger partial charge in [-0.3, -0.25) is 4.99 Å². The van der Waals surface area contributed by atoms with E-state index in [1.54, 1.807) is 6.92 Å². The maximum absolute atomic E-state index is 11.3. The fourth-order valence-electron chi connectivity index (χ4n) is 1.99. The van der Waals surface area contributed by atoms with Gasteiger partial charge in [0.15, 0.2) is 0 Å². The van der Waals surface area contributed by atoms with Crippen LogP contribution in [-0.4, -0.2) is 16.9 Å². The van der Waals surface area contributed by atoms with Gasteiger partial charge in [-0.05, 0) is 19.4 Å². The van der Waals surface area contributed by atoms with Crippen molar-refractivity contribution in [2.75, 3.05) is 0 Å². The van der Waals surface area contributed by atoms with Gasteiger partial charge in [0.05, 0.1) is 11.4 Å². The molecule has 17 heavy (non-hydrogen) atoms. The molecular weight excluding hydrogens is 216 g/mol. The summed E-state index contributed by atoms with van der Waals surface area (Å²) in [6.07, 6.45) is 0. The molecule has 0 spiro atoms. The number of nitrogens with one attached hydrogen (secondary N) is 1. The molecular formula is C13H14N2O2. The Balaban J connectivity index is 2.49. The molecule has 0 amide bonds. The lowest BCUT2D eigenvalue weighted by atomic mass is 9.96. The van der Waals surface area contributed by atoms with E-state index in [1.165, 1.54) is 0 Å². The largest absolute Gasteiger partial charge is 0.478 e. The second kappa shape index (κ2) is 4.41. The standard InChI is InChI=1S/C13H14N2O2/c1-8-11(13(16)17)12(15-9(2)14-8)10-6-4-3-5-7-10/h3-7,12H,1-2H3,(H,14,15)(H,16,17). The van der Waals surface area contributed by atoms with Gasteiger partial charge in [-0.1, -0.05) is 30.3 Å². The molecule has 1 aromatic rings. The highest BCUT2D eigenvalue weighted by molar-refractivity contribution is 5.94. The zero-order valence-corrected chi connectivity index (χ0v) is 9.77. The van der Waals surface area contributed by atoms with Crippen molar-refractivity contribution in [3.63, 3.8) is 0 Å². The lowest BCUT2D eigenvalue weighted by Gasteiger charge is -2.23. The fraction of sp³-hybridized carbons (Fsp3) is 0.231. The summed E-state index contributed by atoms with van der Waals surface area (Å²) < 4.78 is 0. The van der Waals surface area contributed by atoms with E-state index in [4.69, 9.17) is 0 Å². The molecule has 1 heterocycles. The van der Waals surface area contributed by atoms with Gasteiger partial charge in [0.25, 0.3) is 0 Å². The van der Waals surface area contributed by atoms with E-state index < -0.39 is 12.0 Å². The van der Waals surface area contributed by atoms with E-state index in [-0.39, 0.29) is 0 Å². The van der Waals surface area contributed by atoms with Crippen molar-refractivity contribution in [2.45, 2.75) is 19.9 Å². The number of allylic oxidation sites excluding steroid dienone is 1. The van der Waals surface area contributed by atoms with Crippen molar-refractivity contribution in [1.82, 2.24) is 5.32 Å². The summed E-state index contributed by atoms with van der Waals surface area (Å²) in [5.74, 6) is -0.193. The molecule has 1 unspecified atom stereocenters. The molecule has 0 aromatic heterocycles. The number of carbonyl (C=O) groups is 1. The number of nitrogens with zero attached hydrogens (tertiary/aromatic N) is 1.